The molecule has 0 bridgehead atoms. The van der Waals surface area contributed by atoms with Crippen LogP contribution < -0.4 is 10.2 Å². The molecule has 0 saturated carbocycles. The SMILES string of the molecule is CCNCc1cnc(N2CCC(C)CC2)cn1. The fraction of sp³-hybridized carbons (Fsp3) is 0.692. The van der Waals surface area contributed by atoms with E-state index in [1.165, 1.54) is 12.8 Å². The van der Waals surface area contributed by atoms with Crippen LogP contribution in [0.5, 0.6) is 0 Å². The quantitative estimate of drug-likeness (QED) is 0.863. The highest BCUT2D eigenvalue weighted by molar-refractivity contribution is 5.36. The summed E-state index contributed by atoms with van der Waals surface area (Å²) in [5, 5.41) is 3.25. The van der Waals surface area contributed by atoms with Crippen LogP contribution in [0, 0.1) is 5.92 Å². The van der Waals surface area contributed by atoms with Crippen LogP contribution in [0.3, 0.4) is 0 Å². The predicted molar refractivity (Wildman–Crippen MR) is 70.0 cm³/mol. The summed E-state index contributed by atoms with van der Waals surface area (Å²) < 4.78 is 0. The van der Waals surface area contributed by atoms with Crippen LogP contribution in [0.25, 0.3) is 0 Å². The molecule has 0 aromatic carbocycles. The highest BCUT2D eigenvalue weighted by Gasteiger charge is 2.16. The molecule has 0 spiro atoms. The lowest BCUT2D eigenvalue weighted by molar-refractivity contribution is 0.436. The summed E-state index contributed by atoms with van der Waals surface area (Å²) >= 11 is 0. The Balaban J connectivity index is 1.93. The van der Waals surface area contributed by atoms with Crippen LogP contribution in [0.1, 0.15) is 32.4 Å². The number of nitrogens with zero attached hydrogens (tertiary/aromatic N) is 3. The Labute approximate surface area is 103 Å². The van der Waals surface area contributed by atoms with Crippen molar-refractivity contribution in [1.82, 2.24) is 15.3 Å². The van der Waals surface area contributed by atoms with E-state index in [9.17, 15) is 0 Å². The highest BCUT2D eigenvalue weighted by Crippen LogP contribution is 2.20. The van der Waals surface area contributed by atoms with Gasteiger partial charge >= 0.3 is 0 Å². The molecule has 1 N–H and O–H groups in total. The third-order valence-corrected chi connectivity index (χ3v) is 3.36. The van der Waals surface area contributed by atoms with Gasteiger partial charge in [0.1, 0.15) is 5.82 Å². The normalized spacial score (nSPS) is 17.4. The Morgan fingerprint density at radius 2 is 2.06 bits per heavy atom. The lowest BCUT2D eigenvalue weighted by Gasteiger charge is -2.30. The molecule has 4 heteroatoms. The van der Waals surface area contributed by atoms with Gasteiger partial charge in [0.05, 0.1) is 18.1 Å². The fourth-order valence-corrected chi connectivity index (χ4v) is 2.09. The second-order valence-electron chi connectivity index (χ2n) is 4.82. The molecule has 1 aromatic rings. The lowest BCUT2D eigenvalue weighted by atomic mass is 9.99. The van der Waals surface area contributed by atoms with E-state index in [2.05, 4.69) is 34.0 Å². The molecule has 0 amide bonds. The third kappa shape index (κ3) is 3.40. The summed E-state index contributed by atoms with van der Waals surface area (Å²) in [6.07, 6.45) is 6.32. The van der Waals surface area contributed by atoms with Crippen LogP contribution in [0.4, 0.5) is 5.82 Å². The van der Waals surface area contributed by atoms with Crippen LogP contribution >= 0.6 is 0 Å². The van der Waals surface area contributed by atoms with Crippen molar-refractivity contribution in [3.05, 3.63) is 18.1 Å². The highest BCUT2D eigenvalue weighted by atomic mass is 15.2. The molecular weight excluding hydrogens is 212 g/mol. The van der Waals surface area contributed by atoms with Crippen molar-refractivity contribution < 1.29 is 0 Å². The standard InChI is InChI=1S/C13H22N4/c1-3-14-8-12-9-16-13(10-15-12)17-6-4-11(2)5-7-17/h9-11,14H,3-8H2,1-2H3. The Morgan fingerprint density at radius 3 is 2.65 bits per heavy atom. The largest absolute Gasteiger partial charge is 0.355 e. The summed E-state index contributed by atoms with van der Waals surface area (Å²) in [5.74, 6) is 1.88. The van der Waals surface area contributed by atoms with Crippen LogP contribution in [0.2, 0.25) is 0 Å². The Bertz CT molecular complexity index is 328. The maximum Gasteiger partial charge on any atom is 0.147 e. The molecule has 1 aromatic heterocycles. The van der Waals surface area contributed by atoms with Crippen molar-refractivity contribution in [1.29, 1.82) is 0 Å². The van der Waals surface area contributed by atoms with E-state index in [-0.39, 0.29) is 0 Å². The Hall–Kier alpha value is -1.16. The van der Waals surface area contributed by atoms with Crippen molar-refractivity contribution in [2.45, 2.75) is 33.2 Å². The zero-order valence-electron chi connectivity index (χ0n) is 10.8. The average molecular weight is 234 g/mol. The summed E-state index contributed by atoms with van der Waals surface area (Å²) in [5.41, 5.74) is 1.01. The maximum atomic E-state index is 4.50. The monoisotopic (exact) mass is 234 g/mol. The first-order valence-corrected chi connectivity index (χ1v) is 6.56. The molecule has 17 heavy (non-hydrogen) atoms. The smallest absolute Gasteiger partial charge is 0.147 e. The molecule has 1 fully saturated rings. The van der Waals surface area contributed by atoms with Gasteiger partial charge < -0.3 is 10.2 Å². The van der Waals surface area contributed by atoms with Crippen molar-refractivity contribution in [3.63, 3.8) is 0 Å². The number of anilines is 1. The molecule has 1 aliphatic heterocycles. The van der Waals surface area contributed by atoms with Crippen molar-refractivity contribution in [2.24, 2.45) is 5.92 Å². The number of hydrogen-bond acceptors (Lipinski definition) is 4. The van der Waals surface area contributed by atoms with E-state index in [1.807, 2.05) is 12.4 Å². The number of hydrogen-bond donors (Lipinski definition) is 1. The molecule has 1 aliphatic rings. The zero-order valence-corrected chi connectivity index (χ0v) is 10.8. The Morgan fingerprint density at radius 1 is 1.29 bits per heavy atom. The predicted octanol–water partition coefficient (Wildman–Crippen LogP) is 1.82. The van der Waals surface area contributed by atoms with Gasteiger partial charge in [0.25, 0.3) is 0 Å². The van der Waals surface area contributed by atoms with Gasteiger partial charge in [-0.3, -0.25) is 4.98 Å². The molecule has 0 atom stereocenters. The van der Waals surface area contributed by atoms with E-state index in [4.69, 9.17) is 0 Å². The summed E-state index contributed by atoms with van der Waals surface area (Å²) in [7, 11) is 0. The molecule has 2 heterocycles. The minimum absolute atomic E-state index is 0.806. The average Bonchev–Trinajstić information content (AvgIpc) is 2.38. The van der Waals surface area contributed by atoms with Gasteiger partial charge in [0.2, 0.25) is 0 Å². The molecular formula is C13H22N4. The van der Waals surface area contributed by atoms with Gasteiger partial charge in [-0.15, -0.1) is 0 Å². The van der Waals surface area contributed by atoms with E-state index in [0.717, 1.165) is 43.6 Å². The van der Waals surface area contributed by atoms with Crippen molar-refractivity contribution in [2.75, 3.05) is 24.5 Å². The number of nitrogens with one attached hydrogen (secondary N) is 1. The van der Waals surface area contributed by atoms with Gasteiger partial charge in [0.15, 0.2) is 0 Å². The van der Waals surface area contributed by atoms with Crippen LogP contribution in [-0.2, 0) is 6.54 Å². The third-order valence-electron chi connectivity index (χ3n) is 3.36. The van der Waals surface area contributed by atoms with Crippen molar-refractivity contribution >= 4 is 5.82 Å². The maximum absolute atomic E-state index is 4.50. The number of piperidine rings is 1. The molecule has 94 valence electrons. The summed E-state index contributed by atoms with van der Waals surface area (Å²) in [6, 6.07) is 0. The number of aromatic nitrogens is 2. The van der Waals surface area contributed by atoms with E-state index in [0.29, 0.717) is 0 Å². The lowest BCUT2D eigenvalue weighted by Crippen LogP contribution is -2.33. The van der Waals surface area contributed by atoms with Crippen molar-refractivity contribution in [3.8, 4) is 0 Å². The Kier molecular flexibility index (Phi) is 4.31. The second-order valence-corrected chi connectivity index (χ2v) is 4.82. The van der Waals surface area contributed by atoms with Gasteiger partial charge in [0, 0.05) is 19.6 Å². The molecule has 4 nitrogen and oxygen atoms in total. The van der Waals surface area contributed by atoms with E-state index >= 15 is 0 Å². The second kappa shape index (κ2) is 5.96. The summed E-state index contributed by atoms with van der Waals surface area (Å²) in [4.78, 5) is 11.3. The first-order chi connectivity index (χ1) is 8.29. The summed E-state index contributed by atoms with van der Waals surface area (Å²) in [6.45, 7) is 8.41. The van der Waals surface area contributed by atoms with Gasteiger partial charge in [-0.05, 0) is 25.3 Å². The topological polar surface area (TPSA) is 41.1 Å². The molecule has 0 radical (unpaired) electrons. The first-order valence-electron chi connectivity index (χ1n) is 6.56. The van der Waals surface area contributed by atoms with Gasteiger partial charge in [-0.2, -0.15) is 0 Å². The minimum Gasteiger partial charge on any atom is -0.355 e. The van der Waals surface area contributed by atoms with Crippen LogP contribution in [-0.4, -0.2) is 29.6 Å². The van der Waals surface area contributed by atoms with E-state index < -0.39 is 0 Å². The minimum atomic E-state index is 0.806. The van der Waals surface area contributed by atoms with Gasteiger partial charge in [-0.25, -0.2) is 4.98 Å². The van der Waals surface area contributed by atoms with Gasteiger partial charge in [-0.1, -0.05) is 13.8 Å². The van der Waals surface area contributed by atoms with Crippen LogP contribution in [0.15, 0.2) is 12.4 Å². The zero-order chi connectivity index (χ0) is 12.1. The number of rotatable bonds is 4. The molecule has 0 unspecified atom stereocenters. The molecule has 0 aliphatic carbocycles. The van der Waals surface area contributed by atoms with E-state index in [1.54, 1.807) is 0 Å². The first kappa shape index (κ1) is 12.3. The molecule has 2 rings (SSSR count). The molecule has 1 saturated heterocycles. The fourth-order valence-electron chi connectivity index (χ4n) is 2.09.